The molecular weight excluding hydrogens is 623 g/mol. The van der Waals surface area contributed by atoms with Gasteiger partial charge in [0.2, 0.25) is 17.7 Å². The van der Waals surface area contributed by atoms with E-state index in [0.717, 1.165) is 0 Å². The van der Waals surface area contributed by atoms with Crippen molar-refractivity contribution >= 4 is 36.0 Å². The molecule has 248 valence electrons. The average Bonchev–Trinajstić information content (AvgIpc) is 3.53. The smallest absolute Gasteiger partial charge is 0.275 e. The molecule has 0 saturated carbocycles. The summed E-state index contributed by atoms with van der Waals surface area (Å²) < 4.78 is 31.3. The number of methoxy groups -OCH3 is 1. The third kappa shape index (κ3) is 9.41. The van der Waals surface area contributed by atoms with Crippen LogP contribution in [0.15, 0.2) is 47.1 Å². The van der Waals surface area contributed by atoms with Crippen LogP contribution in [0.5, 0.6) is 17.2 Å². The normalized spacial score (nSPS) is 16.7. The van der Waals surface area contributed by atoms with Crippen LogP contribution >= 0.6 is 12.4 Å². The van der Waals surface area contributed by atoms with E-state index in [2.05, 4.69) is 20.9 Å². The number of amides is 4. The molecule has 0 fully saturated rings. The van der Waals surface area contributed by atoms with Crippen LogP contribution in [0.25, 0.3) is 0 Å². The zero-order valence-electron chi connectivity index (χ0n) is 25.6. The highest BCUT2D eigenvalue weighted by molar-refractivity contribution is 5.95. The van der Waals surface area contributed by atoms with Crippen LogP contribution in [-0.4, -0.2) is 66.3 Å². The van der Waals surface area contributed by atoms with Gasteiger partial charge in [0.25, 0.3) is 11.8 Å². The number of benzene rings is 2. The van der Waals surface area contributed by atoms with Crippen molar-refractivity contribution in [1.82, 2.24) is 25.8 Å². The summed E-state index contributed by atoms with van der Waals surface area (Å²) in [7, 11) is 1.43. The summed E-state index contributed by atoms with van der Waals surface area (Å²) in [5, 5.41) is 8.26. The van der Waals surface area contributed by atoms with E-state index >= 15 is 4.39 Å². The summed E-state index contributed by atoms with van der Waals surface area (Å²) in [5.74, 6) is -1.73. The number of rotatable bonds is 4. The van der Waals surface area contributed by atoms with E-state index in [0.29, 0.717) is 30.6 Å². The molecule has 0 radical (unpaired) electrons. The summed E-state index contributed by atoms with van der Waals surface area (Å²) in [6.07, 6.45) is 2.33. The Morgan fingerprint density at radius 2 is 1.89 bits per heavy atom. The van der Waals surface area contributed by atoms with E-state index in [9.17, 15) is 19.2 Å². The molecule has 4 bridgehead atoms. The highest BCUT2D eigenvalue weighted by Crippen LogP contribution is 2.34. The van der Waals surface area contributed by atoms with E-state index in [1.165, 1.54) is 36.5 Å². The Kier molecular flexibility index (Phi) is 13.3. The van der Waals surface area contributed by atoms with Crippen molar-refractivity contribution < 1.29 is 37.5 Å². The number of oxazole rings is 1. The first-order valence-corrected chi connectivity index (χ1v) is 14.7. The highest BCUT2D eigenvalue weighted by atomic mass is 35.5. The molecule has 3 aromatic rings. The second-order valence-corrected chi connectivity index (χ2v) is 10.3. The quantitative estimate of drug-likeness (QED) is 0.327. The second kappa shape index (κ2) is 17.1. The van der Waals surface area contributed by atoms with Crippen LogP contribution in [-0.2, 0) is 22.7 Å². The lowest BCUT2D eigenvalue weighted by atomic mass is 10.1. The van der Waals surface area contributed by atoms with Gasteiger partial charge in [0, 0.05) is 38.2 Å². The van der Waals surface area contributed by atoms with E-state index in [-0.39, 0.29) is 86.1 Å². The van der Waals surface area contributed by atoms with Gasteiger partial charge in [0.05, 0.1) is 13.7 Å². The number of halogens is 2. The van der Waals surface area contributed by atoms with Gasteiger partial charge in [0.15, 0.2) is 28.8 Å². The van der Waals surface area contributed by atoms with Gasteiger partial charge >= 0.3 is 0 Å². The number of nitrogens with zero attached hydrogens (tertiary/aromatic N) is 2. The lowest BCUT2D eigenvalue weighted by molar-refractivity contribution is -0.129. The molecular formula is C31H38ClFN6O7. The van der Waals surface area contributed by atoms with Gasteiger partial charge in [-0.15, -0.1) is 12.4 Å². The maximum absolute atomic E-state index is 15.0. The second-order valence-electron chi connectivity index (χ2n) is 10.3. The molecule has 0 aliphatic carbocycles. The van der Waals surface area contributed by atoms with Crippen molar-refractivity contribution in [2.45, 2.75) is 51.7 Å². The Bertz CT molecular complexity index is 1530. The number of hydrogen-bond donors (Lipinski definition) is 4. The highest BCUT2D eigenvalue weighted by Gasteiger charge is 2.22. The first-order valence-electron chi connectivity index (χ1n) is 14.7. The molecule has 3 heterocycles. The van der Waals surface area contributed by atoms with E-state index in [1.54, 1.807) is 25.1 Å². The average molecular weight is 661 g/mol. The maximum atomic E-state index is 15.0. The number of nitrogens with two attached hydrogens (primary N) is 1. The molecule has 5 N–H and O–H groups in total. The topological polar surface area (TPSA) is 178 Å². The Morgan fingerprint density at radius 1 is 1.11 bits per heavy atom. The molecule has 0 spiro atoms. The van der Waals surface area contributed by atoms with Gasteiger partial charge in [0.1, 0.15) is 12.3 Å². The fourth-order valence-corrected chi connectivity index (χ4v) is 4.67. The lowest BCUT2D eigenvalue weighted by Crippen LogP contribution is -2.46. The third-order valence-corrected chi connectivity index (χ3v) is 7.12. The van der Waals surface area contributed by atoms with Crippen LogP contribution in [0.1, 0.15) is 64.9 Å². The van der Waals surface area contributed by atoms with Crippen LogP contribution in [0, 0.1) is 5.82 Å². The monoisotopic (exact) mass is 660 g/mol. The maximum Gasteiger partial charge on any atom is 0.275 e. The molecule has 5 rings (SSSR count). The minimum absolute atomic E-state index is 0. The minimum Gasteiger partial charge on any atom is -0.493 e. The zero-order chi connectivity index (χ0) is 32.3. The molecule has 0 unspecified atom stereocenters. The fraction of sp³-hybridized carbons (Fsp3) is 0.387. The Balaban J connectivity index is 0.00000576. The number of aromatic nitrogens is 1. The number of hydrogen-bond acceptors (Lipinski definition) is 9. The SMILES string of the molecule is CC[C@@H]1NC(=O)CCCN(C(=O)c2coc(CN)n2)CCCNC(=O)c2ccc(OC)c(c2)Oc2ccc(cc2F)CNC1=O.Cl. The predicted molar refractivity (Wildman–Crippen MR) is 167 cm³/mol. The lowest BCUT2D eigenvalue weighted by Gasteiger charge is -2.22. The van der Waals surface area contributed by atoms with Gasteiger partial charge in [-0.1, -0.05) is 13.0 Å². The molecule has 13 nitrogen and oxygen atoms in total. The molecule has 46 heavy (non-hydrogen) atoms. The summed E-state index contributed by atoms with van der Waals surface area (Å²) in [5.41, 5.74) is 6.37. The molecule has 2 aliphatic rings. The van der Waals surface area contributed by atoms with E-state index in [4.69, 9.17) is 19.6 Å². The summed E-state index contributed by atoms with van der Waals surface area (Å²) in [6, 6.07) is 7.99. The van der Waals surface area contributed by atoms with Gasteiger partial charge < -0.3 is 40.5 Å². The molecule has 15 heteroatoms. The summed E-state index contributed by atoms with van der Waals surface area (Å²) in [4.78, 5) is 57.3. The number of carbonyl (C=O) groups is 4. The standard InChI is InChI=1S/C31H37FN6O7.ClH/c1-3-22-30(41)35-17-19-7-9-24(21(32)14-19)45-26-15-20(8-10-25(26)43-2)29(40)34-11-5-13-38(12-4-6-27(39)36-22)31(42)23-18-44-28(16-33)37-23;/h7-10,14-15,18,22H,3-6,11-13,16-17,33H2,1-2H3,(H,34,40)(H,35,41)(H,36,39);1H/t22-;/m0./s1. The first-order chi connectivity index (χ1) is 21.7. The van der Waals surface area contributed by atoms with Gasteiger partial charge in [-0.2, -0.15) is 0 Å². The number of carbonyl (C=O) groups excluding carboxylic acids is 4. The van der Waals surface area contributed by atoms with Crippen molar-refractivity contribution in [2.75, 3.05) is 26.7 Å². The molecule has 4 amide bonds. The molecule has 2 aliphatic heterocycles. The largest absolute Gasteiger partial charge is 0.493 e. The molecule has 0 saturated heterocycles. The number of nitrogens with one attached hydrogen (secondary N) is 3. The molecule has 2 aromatic carbocycles. The Morgan fingerprint density at radius 3 is 2.59 bits per heavy atom. The van der Waals surface area contributed by atoms with Crippen LogP contribution in [0.2, 0.25) is 0 Å². The van der Waals surface area contributed by atoms with Gasteiger partial charge in [-0.05, 0) is 55.2 Å². The van der Waals surface area contributed by atoms with E-state index < -0.39 is 29.6 Å². The molecule has 1 aromatic heterocycles. The first kappa shape index (κ1) is 35.8. The van der Waals surface area contributed by atoms with Crippen LogP contribution < -0.4 is 31.2 Å². The Hall–Kier alpha value is -4.69. The van der Waals surface area contributed by atoms with E-state index in [1.807, 2.05) is 0 Å². The minimum atomic E-state index is -0.794. The summed E-state index contributed by atoms with van der Waals surface area (Å²) in [6.45, 7) is 2.50. The van der Waals surface area contributed by atoms with Crippen molar-refractivity contribution in [3.8, 4) is 17.2 Å². The number of fused-ring (bicyclic) bond motifs is 16. The van der Waals surface area contributed by atoms with Crippen molar-refractivity contribution in [3.05, 3.63) is 71.2 Å². The number of ether oxygens (including phenoxy) is 2. The van der Waals surface area contributed by atoms with Crippen molar-refractivity contribution in [1.29, 1.82) is 0 Å². The van der Waals surface area contributed by atoms with Crippen LogP contribution in [0.4, 0.5) is 4.39 Å². The van der Waals surface area contributed by atoms with Gasteiger partial charge in [-0.25, -0.2) is 9.37 Å². The molecule has 1 atom stereocenters. The van der Waals surface area contributed by atoms with Crippen molar-refractivity contribution in [2.24, 2.45) is 5.73 Å². The summed E-state index contributed by atoms with van der Waals surface area (Å²) >= 11 is 0. The fourth-order valence-electron chi connectivity index (χ4n) is 4.67. The Labute approximate surface area is 271 Å². The van der Waals surface area contributed by atoms with Gasteiger partial charge in [-0.3, -0.25) is 19.2 Å². The predicted octanol–water partition coefficient (Wildman–Crippen LogP) is 3.06. The van der Waals surface area contributed by atoms with Crippen molar-refractivity contribution in [3.63, 3.8) is 0 Å². The van der Waals surface area contributed by atoms with Crippen LogP contribution in [0.3, 0.4) is 0 Å². The third-order valence-electron chi connectivity index (χ3n) is 7.12. The zero-order valence-corrected chi connectivity index (χ0v) is 26.4.